The van der Waals surface area contributed by atoms with Gasteiger partial charge < -0.3 is 0 Å². The van der Waals surface area contributed by atoms with Crippen LogP contribution in [-0.2, 0) is 0 Å². The van der Waals surface area contributed by atoms with E-state index in [0.717, 1.165) is 11.1 Å². The van der Waals surface area contributed by atoms with Gasteiger partial charge in [-0.25, -0.2) is 0 Å². The Morgan fingerprint density at radius 2 is 1.06 bits per heavy atom. The van der Waals surface area contributed by atoms with E-state index < -0.39 is 0 Å². The fourth-order valence-corrected chi connectivity index (χ4v) is 1.03. The number of hydrogen-bond acceptors (Lipinski definition) is 0. The summed E-state index contributed by atoms with van der Waals surface area (Å²) in [6.45, 7) is 11.4. The Bertz CT molecular complexity index is 321. The fourth-order valence-electron chi connectivity index (χ4n) is 1.03. The average Bonchev–Trinajstić information content (AvgIpc) is 2.33. The minimum atomic E-state index is 1.12. The van der Waals surface area contributed by atoms with Gasteiger partial charge in [0.25, 0.3) is 0 Å². The molecule has 16 heavy (non-hydrogen) atoms. The normalized spacial score (nSPS) is 14.1. The summed E-state index contributed by atoms with van der Waals surface area (Å²) in [5.41, 5.74) is 2.24. The highest BCUT2D eigenvalue weighted by molar-refractivity contribution is 5.33. The molecule has 0 aromatic rings. The van der Waals surface area contributed by atoms with Crippen LogP contribution in [0.4, 0.5) is 0 Å². The van der Waals surface area contributed by atoms with Crippen LogP contribution in [0.5, 0.6) is 0 Å². The molecular formula is C16H20. The highest BCUT2D eigenvalue weighted by Crippen LogP contribution is 1.99. The SMILES string of the molecule is C=CC(/C=C/C=C/C=C/C(C=C)=C/C)=C\C. The molecule has 0 nitrogen and oxygen atoms in total. The van der Waals surface area contributed by atoms with Crippen LogP contribution in [-0.4, -0.2) is 0 Å². The van der Waals surface area contributed by atoms with Crippen LogP contribution in [0.1, 0.15) is 13.8 Å². The highest BCUT2D eigenvalue weighted by atomic mass is 13.8. The van der Waals surface area contributed by atoms with Crippen molar-refractivity contribution in [1.29, 1.82) is 0 Å². The Morgan fingerprint density at radius 1 is 0.688 bits per heavy atom. The molecule has 0 aliphatic rings. The first-order chi connectivity index (χ1) is 7.78. The van der Waals surface area contributed by atoms with Crippen LogP contribution >= 0.6 is 0 Å². The summed E-state index contributed by atoms with van der Waals surface area (Å²) in [4.78, 5) is 0. The lowest BCUT2D eigenvalue weighted by molar-refractivity contribution is 1.60. The summed E-state index contributed by atoms with van der Waals surface area (Å²) in [7, 11) is 0. The minimum Gasteiger partial charge on any atom is -0.0985 e. The predicted molar refractivity (Wildman–Crippen MR) is 75.3 cm³/mol. The van der Waals surface area contributed by atoms with Crippen molar-refractivity contribution >= 4 is 0 Å². The topological polar surface area (TPSA) is 0 Å². The zero-order chi connectivity index (χ0) is 12.2. The first kappa shape index (κ1) is 14.2. The van der Waals surface area contributed by atoms with Gasteiger partial charge in [-0.1, -0.05) is 73.9 Å². The maximum absolute atomic E-state index is 3.72. The average molecular weight is 212 g/mol. The van der Waals surface area contributed by atoms with E-state index >= 15 is 0 Å². The Balaban J connectivity index is 4.23. The second-order valence-corrected chi connectivity index (χ2v) is 3.09. The van der Waals surface area contributed by atoms with Crippen molar-refractivity contribution < 1.29 is 0 Å². The fraction of sp³-hybridized carbons (Fsp3) is 0.125. The number of hydrogen-bond donors (Lipinski definition) is 0. The lowest BCUT2D eigenvalue weighted by Crippen LogP contribution is -1.67. The molecule has 0 saturated heterocycles. The van der Waals surface area contributed by atoms with Gasteiger partial charge in [0.15, 0.2) is 0 Å². The first-order valence-corrected chi connectivity index (χ1v) is 5.37. The van der Waals surface area contributed by atoms with Gasteiger partial charge in [-0.05, 0) is 25.0 Å². The van der Waals surface area contributed by atoms with E-state index in [1.165, 1.54) is 0 Å². The molecule has 0 fully saturated rings. The van der Waals surface area contributed by atoms with Crippen molar-refractivity contribution in [2.45, 2.75) is 13.8 Å². The highest BCUT2D eigenvalue weighted by Gasteiger charge is 1.78. The minimum absolute atomic E-state index is 1.12. The van der Waals surface area contributed by atoms with Gasteiger partial charge in [0.1, 0.15) is 0 Å². The molecule has 0 aliphatic carbocycles. The van der Waals surface area contributed by atoms with Crippen LogP contribution in [0.15, 0.2) is 85.1 Å². The summed E-state index contributed by atoms with van der Waals surface area (Å²) in [6.07, 6.45) is 19.7. The Hall–Kier alpha value is -1.82. The maximum atomic E-state index is 3.72. The molecular weight excluding hydrogens is 192 g/mol. The number of allylic oxidation sites excluding steroid dienone is 12. The smallest absolute Gasteiger partial charge is 0.0305 e. The van der Waals surface area contributed by atoms with Gasteiger partial charge in [-0.15, -0.1) is 0 Å². The maximum Gasteiger partial charge on any atom is -0.0305 e. The van der Waals surface area contributed by atoms with Gasteiger partial charge in [0.2, 0.25) is 0 Å². The Morgan fingerprint density at radius 3 is 1.31 bits per heavy atom. The van der Waals surface area contributed by atoms with Crippen molar-refractivity contribution in [3.05, 3.63) is 85.1 Å². The van der Waals surface area contributed by atoms with E-state index in [2.05, 4.69) is 13.2 Å². The third kappa shape index (κ3) is 6.61. The van der Waals surface area contributed by atoms with E-state index in [-0.39, 0.29) is 0 Å². The zero-order valence-electron chi connectivity index (χ0n) is 10.2. The Labute approximate surface area is 99.4 Å². The van der Waals surface area contributed by atoms with Crippen molar-refractivity contribution in [3.8, 4) is 0 Å². The largest absolute Gasteiger partial charge is 0.0985 e. The lowest BCUT2D eigenvalue weighted by atomic mass is 10.2. The molecule has 0 unspecified atom stereocenters. The summed E-state index contributed by atoms with van der Waals surface area (Å²) in [5.74, 6) is 0. The third-order valence-electron chi connectivity index (χ3n) is 2.05. The molecule has 0 radical (unpaired) electrons. The van der Waals surface area contributed by atoms with E-state index in [0.29, 0.717) is 0 Å². The summed E-state index contributed by atoms with van der Waals surface area (Å²) >= 11 is 0. The zero-order valence-corrected chi connectivity index (χ0v) is 10.2. The third-order valence-corrected chi connectivity index (χ3v) is 2.05. The summed E-state index contributed by atoms with van der Waals surface area (Å²) in [5, 5.41) is 0. The van der Waals surface area contributed by atoms with Crippen molar-refractivity contribution in [2.75, 3.05) is 0 Å². The molecule has 0 saturated carbocycles. The van der Waals surface area contributed by atoms with Crippen molar-refractivity contribution in [3.63, 3.8) is 0 Å². The van der Waals surface area contributed by atoms with E-state index in [1.807, 2.05) is 74.6 Å². The molecule has 0 amide bonds. The molecule has 0 aliphatic heterocycles. The van der Waals surface area contributed by atoms with Gasteiger partial charge in [0.05, 0.1) is 0 Å². The van der Waals surface area contributed by atoms with Gasteiger partial charge in [-0.3, -0.25) is 0 Å². The van der Waals surface area contributed by atoms with E-state index in [1.54, 1.807) is 0 Å². The van der Waals surface area contributed by atoms with E-state index in [4.69, 9.17) is 0 Å². The van der Waals surface area contributed by atoms with Crippen LogP contribution in [0.2, 0.25) is 0 Å². The molecule has 0 heterocycles. The van der Waals surface area contributed by atoms with Crippen molar-refractivity contribution in [2.24, 2.45) is 0 Å². The molecule has 0 heteroatoms. The monoisotopic (exact) mass is 212 g/mol. The van der Waals surface area contributed by atoms with Crippen LogP contribution in [0, 0.1) is 0 Å². The van der Waals surface area contributed by atoms with Crippen LogP contribution in [0.25, 0.3) is 0 Å². The molecule has 0 atom stereocenters. The molecule has 0 aromatic carbocycles. The Kier molecular flexibility index (Phi) is 8.62. The standard InChI is InChI=1S/C16H20/c1-5-15(6-2)13-11-9-10-12-14-16(7-3)8-4/h5-14H,1,3H2,2,4H3/b10-9+,13-11+,14-12+,15-6+,16-8+. The molecule has 0 spiro atoms. The molecule has 84 valence electrons. The molecule has 0 aromatic heterocycles. The van der Waals surface area contributed by atoms with Gasteiger partial charge >= 0.3 is 0 Å². The second-order valence-electron chi connectivity index (χ2n) is 3.09. The first-order valence-electron chi connectivity index (χ1n) is 5.37. The second kappa shape index (κ2) is 9.72. The van der Waals surface area contributed by atoms with Crippen LogP contribution < -0.4 is 0 Å². The molecule has 0 bridgehead atoms. The molecule has 0 N–H and O–H groups in total. The summed E-state index contributed by atoms with van der Waals surface area (Å²) in [6, 6.07) is 0. The lowest BCUT2D eigenvalue weighted by Gasteiger charge is -1.87. The van der Waals surface area contributed by atoms with Gasteiger partial charge in [0, 0.05) is 0 Å². The quantitative estimate of drug-likeness (QED) is 0.548. The number of rotatable bonds is 6. The predicted octanol–water partition coefficient (Wildman–Crippen LogP) is 4.92. The molecule has 0 rings (SSSR count). The van der Waals surface area contributed by atoms with Crippen LogP contribution in [0.3, 0.4) is 0 Å². The van der Waals surface area contributed by atoms with E-state index in [9.17, 15) is 0 Å². The van der Waals surface area contributed by atoms with Gasteiger partial charge in [-0.2, -0.15) is 0 Å². The summed E-state index contributed by atoms with van der Waals surface area (Å²) < 4.78 is 0. The van der Waals surface area contributed by atoms with Crippen molar-refractivity contribution in [1.82, 2.24) is 0 Å².